The van der Waals surface area contributed by atoms with E-state index in [1.807, 2.05) is 0 Å². The van der Waals surface area contributed by atoms with E-state index < -0.39 is 29.1 Å². The van der Waals surface area contributed by atoms with Crippen LogP contribution in [0.1, 0.15) is 11.7 Å². The van der Waals surface area contributed by atoms with Crippen molar-refractivity contribution in [2.45, 2.75) is 6.10 Å². The lowest BCUT2D eigenvalue weighted by atomic mass is 10.1. The first-order valence-electron chi connectivity index (χ1n) is 4.15. The van der Waals surface area contributed by atoms with Crippen molar-refractivity contribution >= 4 is 0 Å². The molecule has 0 aliphatic heterocycles. The molecular formula is C9H11F2NO3. The Labute approximate surface area is 84.9 Å². The summed E-state index contributed by atoms with van der Waals surface area (Å²) in [5, 5.41) is 18.4. The molecule has 0 heterocycles. The first kappa shape index (κ1) is 11.7. The van der Waals surface area contributed by atoms with Crippen molar-refractivity contribution in [3.63, 3.8) is 0 Å². The molecule has 0 aliphatic carbocycles. The van der Waals surface area contributed by atoms with Crippen molar-refractivity contribution in [2.24, 2.45) is 5.73 Å². The van der Waals surface area contributed by atoms with Crippen LogP contribution in [0.5, 0.6) is 11.5 Å². The molecule has 1 aromatic carbocycles. The third kappa shape index (κ3) is 2.00. The Morgan fingerprint density at radius 1 is 1.47 bits per heavy atom. The van der Waals surface area contributed by atoms with Gasteiger partial charge < -0.3 is 20.7 Å². The Kier molecular flexibility index (Phi) is 3.43. The number of aliphatic hydroxyl groups excluding tert-OH is 1. The number of methoxy groups -OCH3 is 1. The SMILES string of the molecule is COc1cc(O)c(F)c(C(O)CN)c1F. The molecule has 4 nitrogen and oxygen atoms in total. The second-order valence-corrected chi connectivity index (χ2v) is 2.89. The summed E-state index contributed by atoms with van der Waals surface area (Å²) < 4.78 is 31.3. The van der Waals surface area contributed by atoms with E-state index in [4.69, 9.17) is 10.8 Å². The van der Waals surface area contributed by atoms with Crippen molar-refractivity contribution in [3.05, 3.63) is 23.3 Å². The van der Waals surface area contributed by atoms with Crippen LogP contribution in [0.2, 0.25) is 0 Å². The first-order valence-corrected chi connectivity index (χ1v) is 4.15. The molecule has 0 amide bonds. The fourth-order valence-electron chi connectivity index (χ4n) is 1.18. The van der Waals surface area contributed by atoms with Gasteiger partial charge in [-0.1, -0.05) is 0 Å². The Morgan fingerprint density at radius 3 is 2.53 bits per heavy atom. The van der Waals surface area contributed by atoms with Gasteiger partial charge in [-0.25, -0.2) is 8.78 Å². The summed E-state index contributed by atoms with van der Waals surface area (Å²) in [6.07, 6.45) is -1.52. The molecule has 0 fully saturated rings. The quantitative estimate of drug-likeness (QED) is 0.698. The van der Waals surface area contributed by atoms with E-state index in [0.29, 0.717) is 0 Å². The Morgan fingerprint density at radius 2 is 2.07 bits per heavy atom. The number of ether oxygens (including phenoxy) is 1. The third-order valence-electron chi connectivity index (χ3n) is 1.96. The molecule has 1 rings (SSSR count). The number of nitrogens with two attached hydrogens (primary N) is 1. The molecule has 1 aromatic rings. The summed E-state index contributed by atoms with van der Waals surface area (Å²) in [5.41, 5.74) is 4.39. The van der Waals surface area contributed by atoms with Gasteiger partial charge in [-0.05, 0) is 0 Å². The van der Waals surface area contributed by atoms with Gasteiger partial charge in [0.2, 0.25) is 0 Å². The van der Waals surface area contributed by atoms with E-state index in [9.17, 15) is 13.9 Å². The zero-order chi connectivity index (χ0) is 11.6. The summed E-state index contributed by atoms with van der Waals surface area (Å²) in [6.45, 7) is -0.361. The maximum Gasteiger partial charge on any atom is 0.174 e. The highest BCUT2D eigenvalue weighted by Gasteiger charge is 2.23. The standard InChI is InChI=1S/C9H11F2NO3/c1-15-6-2-4(13)8(10)7(9(6)11)5(14)3-12/h2,5,13-14H,3,12H2,1H3. The highest BCUT2D eigenvalue weighted by atomic mass is 19.1. The average molecular weight is 219 g/mol. The number of benzene rings is 1. The minimum absolute atomic E-state index is 0.351. The van der Waals surface area contributed by atoms with Crippen molar-refractivity contribution < 1.29 is 23.7 Å². The van der Waals surface area contributed by atoms with E-state index in [0.717, 1.165) is 13.2 Å². The molecule has 4 N–H and O–H groups in total. The molecule has 0 radical (unpaired) electrons. The lowest BCUT2D eigenvalue weighted by molar-refractivity contribution is 0.173. The summed E-state index contributed by atoms with van der Waals surface area (Å²) in [7, 11) is 1.16. The van der Waals surface area contributed by atoms with E-state index in [1.54, 1.807) is 0 Å². The van der Waals surface area contributed by atoms with Gasteiger partial charge in [0, 0.05) is 12.6 Å². The highest BCUT2D eigenvalue weighted by molar-refractivity contribution is 5.42. The number of aliphatic hydroxyl groups is 1. The number of aromatic hydroxyl groups is 1. The van der Waals surface area contributed by atoms with Gasteiger partial charge in [0.05, 0.1) is 18.8 Å². The molecule has 0 aromatic heterocycles. The number of hydrogen-bond donors (Lipinski definition) is 3. The number of phenols is 1. The normalized spacial score (nSPS) is 12.6. The molecule has 84 valence electrons. The van der Waals surface area contributed by atoms with Crippen LogP contribution in [-0.4, -0.2) is 23.9 Å². The first-order chi connectivity index (χ1) is 7.02. The highest BCUT2D eigenvalue weighted by Crippen LogP contribution is 2.33. The van der Waals surface area contributed by atoms with Gasteiger partial charge in [0.1, 0.15) is 0 Å². The predicted octanol–water partition coefficient (Wildman–Crippen LogP) is 0.671. The van der Waals surface area contributed by atoms with E-state index >= 15 is 0 Å². The number of hydrogen-bond acceptors (Lipinski definition) is 4. The molecule has 15 heavy (non-hydrogen) atoms. The maximum atomic E-state index is 13.5. The van der Waals surface area contributed by atoms with Crippen LogP contribution in [-0.2, 0) is 0 Å². The number of halogens is 2. The zero-order valence-electron chi connectivity index (χ0n) is 8.00. The largest absolute Gasteiger partial charge is 0.505 e. The minimum Gasteiger partial charge on any atom is -0.505 e. The maximum absolute atomic E-state index is 13.5. The second kappa shape index (κ2) is 4.41. The smallest absolute Gasteiger partial charge is 0.174 e. The van der Waals surface area contributed by atoms with E-state index in [-0.39, 0.29) is 12.3 Å². The molecule has 0 saturated carbocycles. The van der Waals surface area contributed by atoms with Gasteiger partial charge in [-0.15, -0.1) is 0 Å². The van der Waals surface area contributed by atoms with Crippen LogP contribution >= 0.6 is 0 Å². The van der Waals surface area contributed by atoms with Crippen molar-refractivity contribution in [2.75, 3.05) is 13.7 Å². The van der Waals surface area contributed by atoms with Crippen molar-refractivity contribution in [1.82, 2.24) is 0 Å². The molecular weight excluding hydrogens is 208 g/mol. The average Bonchev–Trinajstić information content (AvgIpc) is 2.23. The van der Waals surface area contributed by atoms with E-state index in [2.05, 4.69) is 4.74 Å². The Hall–Kier alpha value is -1.40. The van der Waals surface area contributed by atoms with Gasteiger partial charge >= 0.3 is 0 Å². The molecule has 0 bridgehead atoms. The van der Waals surface area contributed by atoms with Crippen molar-refractivity contribution in [1.29, 1.82) is 0 Å². The van der Waals surface area contributed by atoms with E-state index in [1.165, 1.54) is 0 Å². The summed E-state index contributed by atoms with van der Waals surface area (Å²) in [6, 6.07) is 0.789. The minimum atomic E-state index is -1.52. The molecule has 1 unspecified atom stereocenters. The van der Waals surface area contributed by atoms with Crippen LogP contribution in [0.15, 0.2) is 6.07 Å². The number of rotatable bonds is 3. The van der Waals surface area contributed by atoms with Crippen LogP contribution in [0.3, 0.4) is 0 Å². The van der Waals surface area contributed by atoms with Crippen LogP contribution in [0.25, 0.3) is 0 Å². The lowest BCUT2D eigenvalue weighted by Crippen LogP contribution is -2.15. The lowest BCUT2D eigenvalue weighted by Gasteiger charge is -2.13. The fraction of sp³-hybridized carbons (Fsp3) is 0.333. The third-order valence-corrected chi connectivity index (χ3v) is 1.96. The van der Waals surface area contributed by atoms with Gasteiger partial charge in [0.15, 0.2) is 23.1 Å². The molecule has 0 aliphatic rings. The number of phenolic OH excluding ortho intramolecular Hbond substituents is 1. The van der Waals surface area contributed by atoms with Crippen molar-refractivity contribution in [3.8, 4) is 11.5 Å². The van der Waals surface area contributed by atoms with Crippen LogP contribution in [0.4, 0.5) is 8.78 Å². The monoisotopic (exact) mass is 219 g/mol. The summed E-state index contributed by atoms with van der Waals surface area (Å²) >= 11 is 0. The topological polar surface area (TPSA) is 75.7 Å². The van der Waals surface area contributed by atoms with Gasteiger partial charge in [-0.3, -0.25) is 0 Å². The van der Waals surface area contributed by atoms with Gasteiger partial charge in [0.25, 0.3) is 0 Å². The summed E-state index contributed by atoms with van der Waals surface area (Å²) in [4.78, 5) is 0. The Bertz CT molecular complexity index is 371. The zero-order valence-corrected chi connectivity index (χ0v) is 8.00. The fourth-order valence-corrected chi connectivity index (χ4v) is 1.18. The second-order valence-electron chi connectivity index (χ2n) is 2.89. The van der Waals surface area contributed by atoms with Crippen LogP contribution < -0.4 is 10.5 Å². The Balaban J connectivity index is 3.40. The molecule has 6 heteroatoms. The molecule has 0 spiro atoms. The summed E-state index contributed by atoms with van der Waals surface area (Å²) in [5.74, 6) is -3.44. The molecule has 0 saturated heterocycles. The predicted molar refractivity (Wildman–Crippen MR) is 48.6 cm³/mol. The van der Waals surface area contributed by atoms with Gasteiger partial charge in [-0.2, -0.15) is 0 Å². The molecule has 1 atom stereocenters. The van der Waals surface area contributed by atoms with Crippen LogP contribution in [0, 0.1) is 11.6 Å².